The van der Waals surface area contributed by atoms with Gasteiger partial charge < -0.3 is 15.2 Å². The van der Waals surface area contributed by atoms with Crippen LogP contribution in [0.3, 0.4) is 0 Å². The van der Waals surface area contributed by atoms with E-state index in [1.165, 1.54) is 0 Å². The molecule has 2 N–H and O–H groups in total. The van der Waals surface area contributed by atoms with Crippen LogP contribution in [0.15, 0.2) is 24.3 Å². The molecule has 1 aromatic rings. The molecule has 5 nitrogen and oxygen atoms in total. The summed E-state index contributed by atoms with van der Waals surface area (Å²) in [5.74, 6) is -0.858. The molecule has 1 aromatic carbocycles. The minimum absolute atomic E-state index is 0.00619. The van der Waals surface area contributed by atoms with Crippen molar-refractivity contribution in [3.05, 3.63) is 35.4 Å². The number of carbonyl (C=O) groups excluding carboxylic acids is 1. The fraction of sp³-hybridized carbons (Fsp3) is 0.529. The predicted molar refractivity (Wildman–Crippen MR) is 84.9 cm³/mol. The van der Waals surface area contributed by atoms with Crippen molar-refractivity contribution in [2.24, 2.45) is 0 Å². The molecule has 22 heavy (non-hydrogen) atoms. The summed E-state index contributed by atoms with van der Waals surface area (Å²) in [6, 6.07) is 7.39. The highest BCUT2D eigenvalue weighted by Gasteiger charge is 2.24. The molecule has 0 unspecified atom stereocenters. The number of benzene rings is 1. The molecule has 0 atom stereocenters. The summed E-state index contributed by atoms with van der Waals surface area (Å²) >= 11 is 0. The van der Waals surface area contributed by atoms with Crippen LogP contribution in [-0.2, 0) is 22.4 Å². The summed E-state index contributed by atoms with van der Waals surface area (Å²) in [7, 11) is 0. The van der Waals surface area contributed by atoms with E-state index in [4.69, 9.17) is 9.84 Å². The lowest BCUT2D eigenvalue weighted by atomic mass is 9.94. The third kappa shape index (κ3) is 7.11. The topological polar surface area (TPSA) is 75.6 Å². The first kappa shape index (κ1) is 18.0. The van der Waals surface area contributed by atoms with Crippen molar-refractivity contribution in [2.45, 2.75) is 58.6 Å². The van der Waals surface area contributed by atoms with Gasteiger partial charge in [-0.1, -0.05) is 24.3 Å². The number of ether oxygens (including phenoxy) is 1. The van der Waals surface area contributed by atoms with E-state index >= 15 is 0 Å². The lowest BCUT2D eigenvalue weighted by Gasteiger charge is -2.29. The second-order valence-corrected chi connectivity index (χ2v) is 7.08. The zero-order valence-electron chi connectivity index (χ0n) is 13.9. The lowest BCUT2D eigenvalue weighted by molar-refractivity contribution is -0.136. The first-order valence-electron chi connectivity index (χ1n) is 7.28. The van der Waals surface area contributed by atoms with Crippen molar-refractivity contribution in [3.63, 3.8) is 0 Å². The van der Waals surface area contributed by atoms with Crippen LogP contribution in [-0.4, -0.2) is 28.3 Å². The Hall–Kier alpha value is -2.04. The number of nitrogens with one attached hydrogen (secondary N) is 1. The van der Waals surface area contributed by atoms with Crippen molar-refractivity contribution in [2.75, 3.05) is 0 Å². The summed E-state index contributed by atoms with van der Waals surface area (Å²) in [4.78, 5) is 22.6. The molecule has 0 aliphatic heterocycles. The second-order valence-electron chi connectivity index (χ2n) is 7.08. The number of amides is 1. The molecule has 0 spiro atoms. The van der Waals surface area contributed by atoms with Gasteiger partial charge in [0.05, 0.1) is 6.42 Å². The minimum atomic E-state index is -0.858. The quantitative estimate of drug-likeness (QED) is 0.876. The summed E-state index contributed by atoms with van der Waals surface area (Å²) in [6.45, 7) is 9.25. The average molecular weight is 307 g/mol. The first-order chi connectivity index (χ1) is 9.97. The summed E-state index contributed by atoms with van der Waals surface area (Å²) < 4.78 is 5.26. The second kappa shape index (κ2) is 6.81. The molecule has 0 fully saturated rings. The molecule has 0 bridgehead atoms. The van der Waals surface area contributed by atoms with Crippen LogP contribution in [0.2, 0.25) is 0 Å². The van der Waals surface area contributed by atoms with E-state index in [1.54, 1.807) is 6.07 Å². The highest BCUT2D eigenvalue weighted by molar-refractivity contribution is 5.70. The van der Waals surface area contributed by atoms with Crippen molar-refractivity contribution in [1.29, 1.82) is 0 Å². The van der Waals surface area contributed by atoms with Crippen LogP contribution in [0.4, 0.5) is 4.79 Å². The molecular formula is C17H25NO4. The number of carboxylic acid groups (broad SMARTS) is 1. The van der Waals surface area contributed by atoms with Gasteiger partial charge in [-0.15, -0.1) is 0 Å². The summed E-state index contributed by atoms with van der Waals surface area (Å²) in [6.07, 6.45) is 0.118. The number of alkyl carbamates (subject to hydrolysis) is 1. The van der Waals surface area contributed by atoms with Gasteiger partial charge in [0.1, 0.15) is 5.60 Å². The molecule has 0 aliphatic rings. The predicted octanol–water partition coefficient (Wildman–Crippen LogP) is 3.16. The van der Waals surface area contributed by atoms with Crippen LogP contribution in [0.1, 0.15) is 45.7 Å². The molecule has 0 aliphatic carbocycles. The van der Waals surface area contributed by atoms with Gasteiger partial charge in [-0.3, -0.25) is 4.79 Å². The number of aliphatic carboxylic acids is 1. The SMILES string of the molecule is CC(C)(Cc1cccc(CC(=O)O)c1)NC(=O)OC(C)(C)C. The highest BCUT2D eigenvalue weighted by atomic mass is 16.6. The highest BCUT2D eigenvalue weighted by Crippen LogP contribution is 2.16. The van der Waals surface area contributed by atoms with Crippen LogP contribution in [0.5, 0.6) is 0 Å². The molecule has 0 heterocycles. The van der Waals surface area contributed by atoms with Gasteiger partial charge in [0, 0.05) is 5.54 Å². The Balaban J connectivity index is 2.71. The van der Waals surface area contributed by atoms with Crippen LogP contribution in [0.25, 0.3) is 0 Å². The molecule has 122 valence electrons. The van der Waals surface area contributed by atoms with E-state index in [9.17, 15) is 9.59 Å². The third-order valence-electron chi connectivity index (χ3n) is 2.83. The third-order valence-corrected chi connectivity index (χ3v) is 2.83. The van der Waals surface area contributed by atoms with E-state index in [0.717, 1.165) is 11.1 Å². The van der Waals surface area contributed by atoms with Crippen molar-refractivity contribution >= 4 is 12.1 Å². The Labute approximate surface area is 131 Å². The van der Waals surface area contributed by atoms with Gasteiger partial charge in [0.15, 0.2) is 0 Å². The fourth-order valence-electron chi connectivity index (χ4n) is 2.16. The smallest absolute Gasteiger partial charge is 0.408 e. The van der Waals surface area contributed by atoms with Crippen molar-refractivity contribution in [1.82, 2.24) is 5.32 Å². The molecule has 0 radical (unpaired) electrons. The number of carboxylic acids is 1. The van der Waals surface area contributed by atoms with Gasteiger partial charge in [-0.05, 0) is 52.2 Å². The Morgan fingerprint density at radius 3 is 2.27 bits per heavy atom. The summed E-state index contributed by atoms with van der Waals surface area (Å²) in [5, 5.41) is 11.7. The maximum atomic E-state index is 11.9. The Kier molecular flexibility index (Phi) is 5.58. The fourth-order valence-corrected chi connectivity index (χ4v) is 2.16. The van der Waals surface area contributed by atoms with Crippen LogP contribution < -0.4 is 5.32 Å². The van der Waals surface area contributed by atoms with E-state index in [-0.39, 0.29) is 6.42 Å². The van der Waals surface area contributed by atoms with Gasteiger partial charge in [-0.25, -0.2) is 4.79 Å². The molecule has 0 saturated carbocycles. The molecule has 1 amide bonds. The van der Waals surface area contributed by atoms with Gasteiger partial charge >= 0.3 is 12.1 Å². The van der Waals surface area contributed by atoms with Crippen molar-refractivity contribution in [3.8, 4) is 0 Å². The summed E-state index contributed by atoms with van der Waals surface area (Å²) in [5.41, 5.74) is 0.684. The van der Waals surface area contributed by atoms with E-state index < -0.39 is 23.2 Å². The maximum absolute atomic E-state index is 11.9. The Bertz CT molecular complexity index is 544. The maximum Gasteiger partial charge on any atom is 0.408 e. The molecule has 1 rings (SSSR count). The molecule has 0 aromatic heterocycles. The zero-order chi connectivity index (χ0) is 17.0. The van der Waals surface area contributed by atoms with Gasteiger partial charge in [0.2, 0.25) is 0 Å². The van der Waals surface area contributed by atoms with E-state index in [2.05, 4.69) is 5.32 Å². The van der Waals surface area contributed by atoms with Crippen LogP contribution >= 0.6 is 0 Å². The first-order valence-corrected chi connectivity index (χ1v) is 7.28. The van der Waals surface area contributed by atoms with Crippen LogP contribution in [0, 0.1) is 0 Å². The Morgan fingerprint density at radius 1 is 1.14 bits per heavy atom. The van der Waals surface area contributed by atoms with Gasteiger partial charge in [0.25, 0.3) is 0 Å². The number of carbonyl (C=O) groups is 2. The number of hydrogen-bond acceptors (Lipinski definition) is 3. The van der Waals surface area contributed by atoms with E-state index in [1.807, 2.05) is 52.8 Å². The Morgan fingerprint density at radius 2 is 1.73 bits per heavy atom. The van der Waals surface area contributed by atoms with Gasteiger partial charge in [-0.2, -0.15) is 0 Å². The monoisotopic (exact) mass is 307 g/mol. The lowest BCUT2D eigenvalue weighted by Crippen LogP contribution is -2.47. The standard InChI is InChI=1S/C17H25NO4/c1-16(2,3)22-15(21)18-17(4,5)11-13-8-6-7-12(9-13)10-14(19)20/h6-9H,10-11H2,1-5H3,(H,18,21)(H,19,20). The van der Waals surface area contributed by atoms with E-state index in [0.29, 0.717) is 6.42 Å². The molecule has 5 heteroatoms. The number of hydrogen-bond donors (Lipinski definition) is 2. The molecule has 0 saturated heterocycles. The zero-order valence-corrected chi connectivity index (χ0v) is 13.9. The molecular weight excluding hydrogens is 282 g/mol. The van der Waals surface area contributed by atoms with Crippen molar-refractivity contribution < 1.29 is 19.4 Å². The minimum Gasteiger partial charge on any atom is -0.481 e. The number of rotatable bonds is 5. The normalized spacial score (nSPS) is 11.9. The average Bonchev–Trinajstić information content (AvgIpc) is 2.23. The largest absolute Gasteiger partial charge is 0.481 e.